The van der Waals surface area contributed by atoms with Gasteiger partial charge in [0.1, 0.15) is 0 Å². The van der Waals surface area contributed by atoms with Crippen molar-refractivity contribution in [2.45, 2.75) is 13.8 Å². The maximum Gasteiger partial charge on any atom is 0.224 e. The summed E-state index contributed by atoms with van der Waals surface area (Å²) in [6, 6.07) is 0. The molecule has 0 heterocycles. The number of hydrogen-bond acceptors (Lipinski definition) is 2. The van der Waals surface area contributed by atoms with Crippen molar-refractivity contribution in [2.75, 3.05) is 13.6 Å². The summed E-state index contributed by atoms with van der Waals surface area (Å²) in [4.78, 5) is 14.8. The SMILES string of the molecule is CC=NCC(C)C(=O)NC. The van der Waals surface area contributed by atoms with E-state index in [1.165, 1.54) is 0 Å². The molecule has 0 aliphatic heterocycles. The fourth-order valence-corrected chi connectivity index (χ4v) is 0.593. The monoisotopic (exact) mass is 142 g/mol. The minimum Gasteiger partial charge on any atom is -0.359 e. The predicted octanol–water partition coefficient (Wildman–Crippen LogP) is 0.459. The van der Waals surface area contributed by atoms with Crippen molar-refractivity contribution < 1.29 is 4.79 Å². The van der Waals surface area contributed by atoms with Gasteiger partial charge in [-0.05, 0) is 13.1 Å². The topological polar surface area (TPSA) is 41.5 Å². The number of carbonyl (C=O) groups excluding carboxylic acids is 1. The first kappa shape index (κ1) is 9.14. The molecule has 10 heavy (non-hydrogen) atoms. The van der Waals surface area contributed by atoms with E-state index in [-0.39, 0.29) is 11.8 Å². The molecule has 0 spiro atoms. The molecule has 0 rings (SSSR count). The molecule has 1 atom stereocenters. The molecule has 0 bridgehead atoms. The highest BCUT2D eigenvalue weighted by Crippen LogP contribution is 1.93. The highest BCUT2D eigenvalue weighted by molar-refractivity contribution is 5.78. The van der Waals surface area contributed by atoms with Crippen molar-refractivity contribution >= 4 is 12.1 Å². The van der Waals surface area contributed by atoms with E-state index in [2.05, 4.69) is 10.3 Å². The first-order valence-electron chi connectivity index (χ1n) is 3.38. The van der Waals surface area contributed by atoms with Gasteiger partial charge in [0.05, 0.1) is 5.92 Å². The molecule has 0 saturated heterocycles. The van der Waals surface area contributed by atoms with Crippen molar-refractivity contribution in [1.82, 2.24) is 5.32 Å². The van der Waals surface area contributed by atoms with Crippen molar-refractivity contribution in [3.8, 4) is 0 Å². The molecule has 3 heteroatoms. The van der Waals surface area contributed by atoms with E-state index in [1.807, 2.05) is 13.8 Å². The van der Waals surface area contributed by atoms with Gasteiger partial charge in [0.2, 0.25) is 5.91 Å². The lowest BCUT2D eigenvalue weighted by atomic mass is 10.2. The third-order valence-electron chi connectivity index (χ3n) is 1.26. The van der Waals surface area contributed by atoms with E-state index < -0.39 is 0 Å². The van der Waals surface area contributed by atoms with Crippen molar-refractivity contribution in [2.24, 2.45) is 10.9 Å². The Morgan fingerprint density at radius 1 is 1.80 bits per heavy atom. The third-order valence-corrected chi connectivity index (χ3v) is 1.26. The smallest absolute Gasteiger partial charge is 0.224 e. The highest BCUT2D eigenvalue weighted by atomic mass is 16.1. The summed E-state index contributed by atoms with van der Waals surface area (Å²) in [5.41, 5.74) is 0. The van der Waals surface area contributed by atoms with E-state index in [9.17, 15) is 4.79 Å². The van der Waals surface area contributed by atoms with E-state index >= 15 is 0 Å². The van der Waals surface area contributed by atoms with Crippen LogP contribution in [-0.2, 0) is 4.79 Å². The van der Waals surface area contributed by atoms with Gasteiger partial charge in [0, 0.05) is 13.6 Å². The Labute approximate surface area is 61.5 Å². The van der Waals surface area contributed by atoms with Crippen LogP contribution in [0.5, 0.6) is 0 Å². The number of rotatable bonds is 3. The molecule has 1 unspecified atom stereocenters. The van der Waals surface area contributed by atoms with E-state index in [4.69, 9.17) is 0 Å². The summed E-state index contributed by atoms with van der Waals surface area (Å²) in [6.07, 6.45) is 1.71. The van der Waals surface area contributed by atoms with Crippen molar-refractivity contribution in [3.63, 3.8) is 0 Å². The summed E-state index contributed by atoms with van der Waals surface area (Å²) >= 11 is 0. The van der Waals surface area contributed by atoms with Crippen LogP contribution >= 0.6 is 0 Å². The van der Waals surface area contributed by atoms with Crippen LogP contribution in [0.4, 0.5) is 0 Å². The summed E-state index contributed by atoms with van der Waals surface area (Å²) < 4.78 is 0. The Balaban J connectivity index is 3.61. The standard InChI is InChI=1S/C7H14N2O/c1-4-9-5-6(2)7(10)8-3/h4,6H,5H2,1-3H3,(H,8,10). The van der Waals surface area contributed by atoms with Crippen LogP contribution in [0.3, 0.4) is 0 Å². The van der Waals surface area contributed by atoms with Crippen LogP contribution in [0.1, 0.15) is 13.8 Å². The lowest BCUT2D eigenvalue weighted by molar-refractivity contribution is -0.123. The zero-order chi connectivity index (χ0) is 7.98. The van der Waals surface area contributed by atoms with Gasteiger partial charge in [-0.15, -0.1) is 0 Å². The average molecular weight is 142 g/mol. The van der Waals surface area contributed by atoms with Crippen LogP contribution in [-0.4, -0.2) is 25.7 Å². The Kier molecular flexibility index (Phi) is 4.54. The minimum atomic E-state index is -0.0128. The molecule has 3 nitrogen and oxygen atoms in total. The number of hydrogen-bond donors (Lipinski definition) is 1. The van der Waals surface area contributed by atoms with Crippen LogP contribution in [0.2, 0.25) is 0 Å². The Morgan fingerprint density at radius 2 is 2.40 bits per heavy atom. The summed E-state index contributed by atoms with van der Waals surface area (Å²) in [7, 11) is 1.63. The second kappa shape index (κ2) is 4.97. The Bertz CT molecular complexity index is 132. The van der Waals surface area contributed by atoms with Crippen molar-refractivity contribution in [3.05, 3.63) is 0 Å². The third kappa shape index (κ3) is 3.22. The zero-order valence-corrected chi connectivity index (χ0v) is 6.72. The second-order valence-corrected chi connectivity index (χ2v) is 2.14. The van der Waals surface area contributed by atoms with Gasteiger partial charge in [-0.3, -0.25) is 9.79 Å². The molecular formula is C7H14N2O. The maximum absolute atomic E-state index is 10.8. The van der Waals surface area contributed by atoms with Crippen LogP contribution in [0, 0.1) is 5.92 Å². The number of amides is 1. The molecular weight excluding hydrogens is 128 g/mol. The van der Waals surface area contributed by atoms with Gasteiger partial charge < -0.3 is 5.32 Å². The molecule has 0 aromatic carbocycles. The van der Waals surface area contributed by atoms with E-state index in [1.54, 1.807) is 13.3 Å². The molecule has 0 aliphatic carbocycles. The predicted molar refractivity (Wildman–Crippen MR) is 42.3 cm³/mol. The van der Waals surface area contributed by atoms with Crippen LogP contribution < -0.4 is 5.32 Å². The summed E-state index contributed by atoms with van der Waals surface area (Å²) in [5, 5.41) is 2.56. The van der Waals surface area contributed by atoms with Gasteiger partial charge in [-0.1, -0.05) is 6.92 Å². The molecule has 0 aliphatic rings. The molecule has 0 fully saturated rings. The first-order valence-corrected chi connectivity index (χ1v) is 3.38. The number of nitrogens with zero attached hydrogens (tertiary/aromatic N) is 1. The molecule has 1 N–H and O–H groups in total. The van der Waals surface area contributed by atoms with Gasteiger partial charge in [0.25, 0.3) is 0 Å². The summed E-state index contributed by atoms with van der Waals surface area (Å²) in [5.74, 6) is 0.0341. The van der Waals surface area contributed by atoms with E-state index in [0.29, 0.717) is 6.54 Å². The molecule has 0 aromatic heterocycles. The van der Waals surface area contributed by atoms with Crippen LogP contribution in [0.25, 0.3) is 0 Å². The molecule has 1 amide bonds. The maximum atomic E-state index is 10.8. The number of carbonyl (C=O) groups is 1. The largest absolute Gasteiger partial charge is 0.359 e. The molecule has 0 saturated carbocycles. The van der Waals surface area contributed by atoms with Crippen LogP contribution in [0.15, 0.2) is 4.99 Å². The molecule has 58 valence electrons. The first-order chi connectivity index (χ1) is 4.72. The normalized spacial score (nSPS) is 13.5. The lowest BCUT2D eigenvalue weighted by Crippen LogP contribution is -2.26. The Hall–Kier alpha value is -0.860. The van der Waals surface area contributed by atoms with Gasteiger partial charge in [-0.25, -0.2) is 0 Å². The fraction of sp³-hybridized carbons (Fsp3) is 0.714. The van der Waals surface area contributed by atoms with E-state index in [0.717, 1.165) is 0 Å². The van der Waals surface area contributed by atoms with Gasteiger partial charge in [-0.2, -0.15) is 0 Å². The number of aliphatic imine (C=N–C) groups is 1. The van der Waals surface area contributed by atoms with Gasteiger partial charge >= 0.3 is 0 Å². The lowest BCUT2D eigenvalue weighted by Gasteiger charge is -2.04. The Morgan fingerprint density at radius 3 is 2.80 bits per heavy atom. The minimum absolute atomic E-state index is 0.0128. The fourth-order valence-electron chi connectivity index (χ4n) is 0.593. The average Bonchev–Trinajstić information content (AvgIpc) is 1.98. The van der Waals surface area contributed by atoms with Crippen molar-refractivity contribution in [1.29, 1.82) is 0 Å². The second-order valence-electron chi connectivity index (χ2n) is 2.14. The van der Waals surface area contributed by atoms with Gasteiger partial charge in [0.15, 0.2) is 0 Å². The highest BCUT2D eigenvalue weighted by Gasteiger charge is 2.07. The molecule has 0 aromatic rings. The molecule has 0 radical (unpaired) electrons. The quantitative estimate of drug-likeness (QED) is 0.571. The zero-order valence-electron chi connectivity index (χ0n) is 6.72. The summed E-state index contributed by atoms with van der Waals surface area (Å²) in [6.45, 7) is 4.28. The number of nitrogens with one attached hydrogen (secondary N) is 1.